The van der Waals surface area contributed by atoms with Crippen molar-refractivity contribution in [3.05, 3.63) is 47.5 Å². The van der Waals surface area contributed by atoms with E-state index in [0.29, 0.717) is 0 Å². The van der Waals surface area contributed by atoms with E-state index >= 15 is 0 Å². The Labute approximate surface area is 109 Å². The first kappa shape index (κ1) is 13.7. The number of halogens is 2. The van der Waals surface area contributed by atoms with E-state index in [2.05, 4.69) is 11.8 Å². The van der Waals surface area contributed by atoms with Gasteiger partial charge in [0, 0.05) is 6.07 Å². The molecule has 1 heterocycles. The fourth-order valence-corrected chi connectivity index (χ4v) is 1.63. The molecule has 0 aromatic heterocycles. The molecule has 1 aliphatic rings. The number of benzene rings is 1. The Morgan fingerprint density at radius 1 is 1.26 bits per heavy atom. The van der Waals surface area contributed by atoms with E-state index < -0.39 is 29.9 Å². The molecule has 0 bridgehead atoms. The molecular formula is C14H12F2O3. The molecule has 3 nitrogen and oxygen atoms in total. The highest BCUT2D eigenvalue weighted by atomic mass is 19.1. The van der Waals surface area contributed by atoms with Crippen LogP contribution in [0.4, 0.5) is 8.78 Å². The third-order valence-electron chi connectivity index (χ3n) is 2.65. The second-order valence-corrected chi connectivity index (χ2v) is 4.05. The predicted molar refractivity (Wildman–Crippen MR) is 64.1 cm³/mol. The minimum atomic E-state index is -0.884. The third-order valence-corrected chi connectivity index (χ3v) is 2.65. The number of hydrogen-bond acceptors (Lipinski definition) is 3. The monoisotopic (exact) mass is 266 g/mol. The van der Waals surface area contributed by atoms with E-state index in [1.165, 1.54) is 18.2 Å². The number of hydrogen-bond donors (Lipinski definition) is 2. The van der Waals surface area contributed by atoms with E-state index in [0.717, 1.165) is 12.1 Å². The first-order valence-corrected chi connectivity index (χ1v) is 5.69. The average molecular weight is 266 g/mol. The zero-order valence-corrected chi connectivity index (χ0v) is 9.88. The van der Waals surface area contributed by atoms with Crippen LogP contribution in [0.15, 0.2) is 30.4 Å². The van der Waals surface area contributed by atoms with Gasteiger partial charge < -0.3 is 14.9 Å². The number of ether oxygens (including phenoxy) is 1. The maximum Gasteiger partial charge on any atom is 0.141 e. The van der Waals surface area contributed by atoms with Gasteiger partial charge in [0.05, 0.1) is 12.2 Å². The van der Waals surface area contributed by atoms with E-state index in [-0.39, 0.29) is 12.2 Å². The fourth-order valence-electron chi connectivity index (χ4n) is 1.63. The minimum Gasteiger partial charge on any atom is -0.394 e. The molecule has 2 rings (SSSR count). The summed E-state index contributed by atoms with van der Waals surface area (Å²) >= 11 is 0. The molecule has 0 unspecified atom stereocenters. The van der Waals surface area contributed by atoms with Gasteiger partial charge in [-0.15, -0.1) is 0 Å². The Hall–Kier alpha value is -1.74. The Balaban J connectivity index is 2.14. The van der Waals surface area contributed by atoms with Gasteiger partial charge in [-0.2, -0.15) is 0 Å². The highest BCUT2D eigenvalue weighted by Gasteiger charge is 2.23. The van der Waals surface area contributed by atoms with Crippen LogP contribution in [0, 0.1) is 23.5 Å². The summed E-state index contributed by atoms with van der Waals surface area (Å²) in [5, 5.41) is 18.4. The highest BCUT2D eigenvalue weighted by molar-refractivity contribution is 5.37. The number of rotatable bonds is 1. The van der Waals surface area contributed by atoms with E-state index in [4.69, 9.17) is 9.84 Å². The lowest BCUT2D eigenvalue weighted by Crippen LogP contribution is -2.37. The Bertz CT molecular complexity index is 545. The van der Waals surface area contributed by atoms with Crippen LogP contribution in [0.25, 0.3) is 0 Å². The Morgan fingerprint density at radius 3 is 2.74 bits per heavy atom. The predicted octanol–water partition coefficient (Wildman–Crippen LogP) is 0.993. The number of aliphatic hydroxyl groups excluding tert-OH is 2. The first-order valence-electron chi connectivity index (χ1n) is 5.69. The minimum absolute atomic E-state index is 0.0603. The molecule has 5 heteroatoms. The van der Waals surface area contributed by atoms with Gasteiger partial charge in [0.15, 0.2) is 0 Å². The van der Waals surface area contributed by atoms with E-state index in [9.17, 15) is 13.9 Å². The van der Waals surface area contributed by atoms with Crippen molar-refractivity contribution in [2.45, 2.75) is 18.3 Å². The van der Waals surface area contributed by atoms with Crippen LogP contribution < -0.4 is 0 Å². The molecule has 0 amide bonds. The normalized spacial score (nSPS) is 25.8. The molecule has 0 spiro atoms. The second kappa shape index (κ2) is 5.93. The summed E-state index contributed by atoms with van der Waals surface area (Å²) < 4.78 is 31.3. The summed E-state index contributed by atoms with van der Waals surface area (Å²) in [6.45, 7) is -0.339. The van der Waals surface area contributed by atoms with Gasteiger partial charge in [-0.1, -0.05) is 17.9 Å². The smallest absolute Gasteiger partial charge is 0.141 e. The largest absolute Gasteiger partial charge is 0.394 e. The van der Waals surface area contributed by atoms with Gasteiger partial charge >= 0.3 is 0 Å². The zero-order chi connectivity index (χ0) is 13.8. The fraction of sp³-hybridized carbons (Fsp3) is 0.286. The standard InChI is InChI=1S/C14H12F2O3/c15-10-3-1-9(12(16)7-10)2-4-11-5-6-13(18)14(8-17)19-11/h1,3,5-7,11,13-14,17-18H,8H2/t11-,13-,14-/m1/s1. The summed E-state index contributed by atoms with van der Waals surface area (Å²) in [5.74, 6) is 3.77. The lowest BCUT2D eigenvalue weighted by atomic mass is 10.1. The topological polar surface area (TPSA) is 49.7 Å². The van der Waals surface area contributed by atoms with Crippen molar-refractivity contribution in [3.63, 3.8) is 0 Å². The van der Waals surface area contributed by atoms with Gasteiger partial charge in [0.25, 0.3) is 0 Å². The molecule has 100 valence electrons. The molecule has 0 fully saturated rings. The van der Waals surface area contributed by atoms with Gasteiger partial charge in [0.2, 0.25) is 0 Å². The molecule has 0 saturated heterocycles. The van der Waals surface area contributed by atoms with Crippen LogP contribution in [0.2, 0.25) is 0 Å². The van der Waals surface area contributed by atoms with Crippen LogP contribution in [0.5, 0.6) is 0 Å². The zero-order valence-electron chi connectivity index (χ0n) is 9.88. The number of aliphatic hydroxyl groups is 2. The molecule has 1 aromatic carbocycles. The van der Waals surface area contributed by atoms with Crippen LogP contribution >= 0.6 is 0 Å². The molecule has 3 atom stereocenters. The molecule has 0 aliphatic carbocycles. The molecule has 0 saturated carbocycles. The molecule has 2 N–H and O–H groups in total. The highest BCUT2D eigenvalue weighted by Crippen LogP contribution is 2.13. The Morgan fingerprint density at radius 2 is 2.05 bits per heavy atom. The van der Waals surface area contributed by atoms with Crippen LogP contribution in [-0.4, -0.2) is 35.1 Å². The van der Waals surface area contributed by atoms with Gasteiger partial charge in [0.1, 0.15) is 29.9 Å². The van der Waals surface area contributed by atoms with Crippen molar-refractivity contribution in [1.29, 1.82) is 0 Å². The summed E-state index contributed by atoms with van der Waals surface area (Å²) in [7, 11) is 0. The van der Waals surface area contributed by atoms with Gasteiger partial charge in [-0.3, -0.25) is 0 Å². The maximum atomic E-state index is 13.3. The lowest BCUT2D eigenvalue weighted by molar-refractivity contribution is -0.0630. The maximum absolute atomic E-state index is 13.3. The lowest BCUT2D eigenvalue weighted by Gasteiger charge is -2.25. The van der Waals surface area contributed by atoms with Crippen LogP contribution in [0.1, 0.15) is 5.56 Å². The second-order valence-electron chi connectivity index (χ2n) is 4.05. The molecule has 1 aromatic rings. The summed E-state index contributed by atoms with van der Waals surface area (Å²) in [4.78, 5) is 0. The molecule has 19 heavy (non-hydrogen) atoms. The summed E-state index contributed by atoms with van der Waals surface area (Å²) in [6.07, 6.45) is 0.702. The summed E-state index contributed by atoms with van der Waals surface area (Å²) in [5.41, 5.74) is 0.0603. The van der Waals surface area contributed by atoms with E-state index in [1.54, 1.807) is 0 Å². The summed E-state index contributed by atoms with van der Waals surface area (Å²) in [6, 6.07) is 3.11. The van der Waals surface area contributed by atoms with Crippen LogP contribution in [0.3, 0.4) is 0 Å². The molecular weight excluding hydrogens is 254 g/mol. The van der Waals surface area contributed by atoms with Gasteiger partial charge in [-0.05, 0) is 18.2 Å². The first-order chi connectivity index (χ1) is 9.10. The quantitative estimate of drug-likeness (QED) is 0.589. The SMILES string of the molecule is OC[C@H]1O[C@H](C#Cc2ccc(F)cc2F)C=C[C@H]1O. The van der Waals surface area contributed by atoms with Crippen molar-refractivity contribution >= 4 is 0 Å². The van der Waals surface area contributed by atoms with Crippen molar-refractivity contribution in [3.8, 4) is 11.8 Å². The average Bonchev–Trinajstić information content (AvgIpc) is 2.39. The van der Waals surface area contributed by atoms with Crippen molar-refractivity contribution in [2.24, 2.45) is 0 Å². The van der Waals surface area contributed by atoms with Crippen molar-refractivity contribution in [1.82, 2.24) is 0 Å². The molecule has 0 radical (unpaired) electrons. The van der Waals surface area contributed by atoms with Crippen LogP contribution in [-0.2, 0) is 4.74 Å². The van der Waals surface area contributed by atoms with Crippen molar-refractivity contribution in [2.75, 3.05) is 6.61 Å². The van der Waals surface area contributed by atoms with E-state index in [1.807, 2.05) is 0 Å². The molecule has 1 aliphatic heterocycles. The van der Waals surface area contributed by atoms with Crippen molar-refractivity contribution < 1.29 is 23.7 Å². The Kier molecular flexibility index (Phi) is 4.27. The van der Waals surface area contributed by atoms with Gasteiger partial charge in [-0.25, -0.2) is 8.78 Å². The third kappa shape index (κ3) is 3.38.